The highest BCUT2D eigenvalue weighted by atomic mass is 35.5. The fourth-order valence-corrected chi connectivity index (χ4v) is 5.03. The number of sulfonamides is 1. The highest BCUT2D eigenvalue weighted by Crippen LogP contribution is 2.23. The largest absolute Gasteiger partial charge is 0.423 e. The van der Waals surface area contributed by atoms with Crippen LogP contribution in [0, 0.1) is 12.8 Å². The quantitative estimate of drug-likeness (QED) is 0.146. The van der Waals surface area contributed by atoms with Gasteiger partial charge < -0.3 is 4.74 Å². The molecule has 1 atom stereocenters. The molecule has 8 nitrogen and oxygen atoms in total. The Kier molecular flexibility index (Phi) is 10.0. The van der Waals surface area contributed by atoms with Crippen molar-refractivity contribution in [2.24, 2.45) is 11.0 Å². The first-order chi connectivity index (χ1) is 17.9. The van der Waals surface area contributed by atoms with Crippen LogP contribution in [0.15, 0.2) is 76.7 Å². The SMILES string of the molecule is Cc1ccc(S(=O)(=O)N[C@H](CC(C)C)C(=O)N/N=C\c2ccc(OC(=O)c3ccc(Cl)cc3Cl)cc2)cc1. The fraction of sp³-hybridized carbons (Fsp3) is 0.222. The number of amides is 1. The van der Waals surface area contributed by atoms with Crippen LogP contribution in [-0.2, 0) is 14.8 Å². The van der Waals surface area contributed by atoms with Gasteiger partial charge in [0.15, 0.2) is 0 Å². The molecule has 0 radical (unpaired) electrons. The van der Waals surface area contributed by atoms with Gasteiger partial charge in [-0.05, 0) is 79.4 Å². The second kappa shape index (κ2) is 13.0. The zero-order valence-corrected chi connectivity index (χ0v) is 23.3. The van der Waals surface area contributed by atoms with E-state index in [1.807, 2.05) is 20.8 Å². The summed E-state index contributed by atoms with van der Waals surface area (Å²) in [6.45, 7) is 5.63. The number of hydrogen-bond donors (Lipinski definition) is 2. The van der Waals surface area contributed by atoms with Crippen LogP contribution in [0.2, 0.25) is 10.0 Å². The van der Waals surface area contributed by atoms with E-state index in [9.17, 15) is 18.0 Å². The first kappa shape index (κ1) is 29.3. The molecule has 0 saturated carbocycles. The lowest BCUT2D eigenvalue weighted by atomic mass is 10.0. The fourth-order valence-electron chi connectivity index (χ4n) is 3.34. The Hall–Kier alpha value is -3.24. The Bertz CT molecular complexity index is 1420. The average molecular weight is 577 g/mol. The van der Waals surface area contributed by atoms with Crippen LogP contribution in [0.4, 0.5) is 0 Å². The summed E-state index contributed by atoms with van der Waals surface area (Å²) in [7, 11) is -3.90. The Morgan fingerprint density at radius 1 is 1.00 bits per heavy atom. The molecule has 0 saturated heterocycles. The Labute approximate surface area is 232 Å². The van der Waals surface area contributed by atoms with Gasteiger partial charge in [-0.2, -0.15) is 9.82 Å². The molecule has 3 aromatic rings. The van der Waals surface area contributed by atoms with Crippen molar-refractivity contribution < 1.29 is 22.7 Å². The van der Waals surface area contributed by atoms with E-state index in [1.165, 1.54) is 36.5 Å². The van der Waals surface area contributed by atoms with Gasteiger partial charge in [0.1, 0.15) is 11.8 Å². The van der Waals surface area contributed by atoms with Gasteiger partial charge in [-0.1, -0.05) is 54.7 Å². The third kappa shape index (κ3) is 8.39. The van der Waals surface area contributed by atoms with Gasteiger partial charge in [0.05, 0.1) is 21.7 Å². The van der Waals surface area contributed by atoms with Gasteiger partial charge in [0.25, 0.3) is 5.91 Å². The molecular weight excluding hydrogens is 549 g/mol. The van der Waals surface area contributed by atoms with Crippen molar-refractivity contribution in [1.29, 1.82) is 0 Å². The average Bonchev–Trinajstić information content (AvgIpc) is 2.84. The number of nitrogens with zero attached hydrogens (tertiary/aromatic N) is 1. The molecule has 0 aliphatic heterocycles. The highest BCUT2D eigenvalue weighted by molar-refractivity contribution is 7.89. The Morgan fingerprint density at radius 2 is 1.66 bits per heavy atom. The number of carbonyl (C=O) groups excluding carboxylic acids is 2. The number of ether oxygens (including phenoxy) is 1. The van der Waals surface area contributed by atoms with Crippen LogP contribution in [-0.4, -0.2) is 32.6 Å². The molecule has 0 unspecified atom stereocenters. The van der Waals surface area contributed by atoms with Crippen LogP contribution in [0.25, 0.3) is 0 Å². The smallest absolute Gasteiger partial charge is 0.345 e. The lowest BCUT2D eigenvalue weighted by Crippen LogP contribution is -2.46. The molecular formula is C27H27Cl2N3O5S. The molecule has 0 aliphatic carbocycles. The van der Waals surface area contributed by atoms with Crippen molar-refractivity contribution in [3.63, 3.8) is 0 Å². The van der Waals surface area contributed by atoms with Crippen molar-refractivity contribution in [1.82, 2.24) is 10.1 Å². The second-order valence-electron chi connectivity index (χ2n) is 8.93. The summed E-state index contributed by atoms with van der Waals surface area (Å²) >= 11 is 11.9. The van der Waals surface area contributed by atoms with E-state index in [4.69, 9.17) is 27.9 Å². The van der Waals surface area contributed by atoms with Gasteiger partial charge >= 0.3 is 5.97 Å². The van der Waals surface area contributed by atoms with E-state index >= 15 is 0 Å². The number of benzene rings is 3. The second-order valence-corrected chi connectivity index (χ2v) is 11.5. The first-order valence-corrected chi connectivity index (χ1v) is 13.9. The minimum atomic E-state index is -3.90. The monoisotopic (exact) mass is 575 g/mol. The molecule has 1 amide bonds. The Balaban J connectivity index is 1.62. The summed E-state index contributed by atoms with van der Waals surface area (Å²) in [5, 5.41) is 4.53. The van der Waals surface area contributed by atoms with Crippen LogP contribution >= 0.6 is 23.2 Å². The number of nitrogens with one attached hydrogen (secondary N) is 2. The van der Waals surface area contributed by atoms with Crippen LogP contribution in [0.3, 0.4) is 0 Å². The van der Waals surface area contributed by atoms with Gasteiger partial charge in [-0.15, -0.1) is 0 Å². The van der Waals surface area contributed by atoms with E-state index in [2.05, 4.69) is 15.2 Å². The molecule has 0 spiro atoms. The van der Waals surface area contributed by atoms with E-state index in [-0.39, 0.29) is 33.6 Å². The molecule has 2 N–H and O–H groups in total. The molecule has 200 valence electrons. The van der Waals surface area contributed by atoms with Gasteiger partial charge in [-0.25, -0.2) is 18.6 Å². The molecule has 0 aromatic heterocycles. The van der Waals surface area contributed by atoms with E-state index in [1.54, 1.807) is 36.4 Å². The number of hydrogen-bond acceptors (Lipinski definition) is 6. The van der Waals surface area contributed by atoms with Crippen LogP contribution in [0.5, 0.6) is 5.75 Å². The van der Waals surface area contributed by atoms with Crippen molar-refractivity contribution >= 4 is 51.3 Å². The zero-order chi connectivity index (χ0) is 27.9. The normalized spacial score (nSPS) is 12.5. The molecule has 3 rings (SSSR count). The predicted octanol–water partition coefficient (Wildman–Crippen LogP) is 5.36. The van der Waals surface area contributed by atoms with Gasteiger partial charge in [-0.3, -0.25) is 4.79 Å². The summed E-state index contributed by atoms with van der Waals surface area (Å²) < 4.78 is 33.4. The summed E-state index contributed by atoms with van der Waals surface area (Å²) in [6.07, 6.45) is 1.67. The predicted molar refractivity (Wildman–Crippen MR) is 148 cm³/mol. The Morgan fingerprint density at radius 3 is 2.26 bits per heavy atom. The van der Waals surface area contributed by atoms with Crippen LogP contribution < -0.4 is 14.9 Å². The van der Waals surface area contributed by atoms with Crippen molar-refractivity contribution in [2.45, 2.75) is 38.1 Å². The number of hydrazone groups is 1. The summed E-state index contributed by atoms with van der Waals surface area (Å²) in [5.41, 5.74) is 4.10. The number of aryl methyl sites for hydroxylation is 1. The molecule has 0 aliphatic rings. The van der Waals surface area contributed by atoms with Crippen molar-refractivity contribution in [3.8, 4) is 5.75 Å². The van der Waals surface area contributed by atoms with Crippen molar-refractivity contribution in [3.05, 3.63) is 93.5 Å². The van der Waals surface area contributed by atoms with E-state index in [0.29, 0.717) is 10.6 Å². The van der Waals surface area contributed by atoms with Gasteiger partial charge in [0.2, 0.25) is 10.0 Å². The highest BCUT2D eigenvalue weighted by Gasteiger charge is 2.26. The maximum absolute atomic E-state index is 12.8. The lowest BCUT2D eigenvalue weighted by molar-refractivity contribution is -0.123. The topological polar surface area (TPSA) is 114 Å². The molecule has 0 heterocycles. The first-order valence-electron chi connectivity index (χ1n) is 11.6. The maximum Gasteiger partial charge on any atom is 0.345 e. The molecule has 0 fully saturated rings. The summed E-state index contributed by atoms with van der Waals surface area (Å²) in [4.78, 5) is 25.2. The minimum Gasteiger partial charge on any atom is -0.423 e. The number of rotatable bonds is 10. The van der Waals surface area contributed by atoms with Crippen LogP contribution in [0.1, 0.15) is 41.8 Å². The molecule has 3 aromatic carbocycles. The molecule has 11 heteroatoms. The third-order valence-corrected chi connectivity index (χ3v) is 7.32. The summed E-state index contributed by atoms with van der Waals surface area (Å²) in [5.74, 6) is -0.890. The van der Waals surface area contributed by atoms with E-state index in [0.717, 1.165) is 5.56 Å². The van der Waals surface area contributed by atoms with E-state index < -0.39 is 27.9 Å². The lowest BCUT2D eigenvalue weighted by Gasteiger charge is -2.19. The third-order valence-electron chi connectivity index (χ3n) is 5.28. The summed E-state index contributed by atoms with van der Waals surface area (Å²) in [6, 6.07) is 16.2. The molecule has 0 bridgehead atoms. The number of halogens is 2. The molecule has 38 heavy (non-hydrogen) atoms. The standard InChI is InChI=1S/C27H27Cl2N3O5S/c1-17(2)14-25(32-38(35,36)22-11-4-18(3)5-12-22)26(33)31-30-16-19-6-9-21(10-7-19)37-27(34)23-13-8-20(28)15-24(23)29/h4-13,15-17,25,32H,14H2,1-3H3,(H,31,33)/b30-16-/t25-/m1/s1. The number of carbonyl (C=O) groups is 2. The number of esters is 1. The van der Waals surface area contributed by atoms with Gasteiger partial charge in [0, 0.05) is 5.02 Å². The van der Waals surface area contributed by atoms with Crippen molar-refractivity contribution in [2.75, 3.05) is 0 Å². The maximum atomic E-state index is 12.8. The zero-order valence-electron chi connectivity index (χ0n) is 20.9. The minimum absolute atomic E-state index is 0.0495.